The first-order chi connectivity index (χ1) is 13.8. The van der Waals surface area contributed by atoms with E-state index in [-0.39, 0.29) is 0 Å². The summed E-state index contributed by atoms with van der Waals surface area (Å²) in [4.78, 5) is 0. The molecule has 29 heavy (non-hydrogen) atoms. The van der Waals surface area contributed by atoms with E-state index in [1.807, 2.05) is 0 Å². The van der Waals surface area contributed by atoms with Crippen LogP contribution in [0.3, 0.4) is 0 Å². The molecule has 0 heteroatoms. The SMILES string of the molecule is C[C@H](CC[C@@H](C)[C@H]1CC[C@H]2[C@@H]3CCC4CCCC[C@]4(C)[C@H]3CC[C@]12C)[C@@H]1C[C@H]1C. The summed E-state index contributed by atoms with van der Waals surface area (Å²) in [7, 11) is 0. The van der Waals surface area contributed by atoms with E-state index in [0.29, 0.717) is 10.8 Å². The molecule has 0 radical (unpaired) electrons. The minimum atomic E-state index is 0.675. The Hall–Kier alpha value is 0. The molecule has 0 heterocycles. The predicted octanol–water partition coefficient (Wildman–Crippen LogP) is 8.74. The molecular formula is C29H50. The maximum Gasteiger partial charge on any atom is -0.0264 e. The summed E-state index contributed by atoms with van der Waals surface area (Å²) in [5.41, 5.74) is 1.39. The van der Waals surface area contributed by atoms with Crippen LogP contribution in [-0.2, 0) is 0 Å². The lowest BCUT2D eigenvalue weighted by Gasteiger charge is -2.61. The van der Waals surface area contributed by atoms with E-state index in [2.05, 4.69) is 34.6 Å². The van der Waals surface area contributed by atoms with Crippen molar-refractivity contribution in [3.63, 3.8) is 0 Å². The van der Waals surface area contributed by atoms with Gasteiger partial charge < -0.3 is 0 Å². The highest BCUT2D eigenvalue weighted by molar-refractivity contribution is 5.09. The van der Waals surface area contributed by atoms with Crippen LogP contribution in [0.2, 0.25) is 0 Å². The van der Waals surface area contributed by atoms with E-state index in [9.17, 15) is 0 Å². The average molecular weight is 399 g/mol. The van der Waals surface area contributed by atoms with Gasteiger partial charge in [0.15, 0.2) is 0 Å². The molecule has 5 aliphatic rings. The topological polar surface area (TPSA) is 0 Å². The zero-order valence-corrected chi connectivity index (χ0v) is 20.4. The highest BCUT2D eigenvalue weighted by Gasteiger charge is 2.60. The average Bonchev–Trinajstić information content (AvgIpc) is 3.32. The predicted molar refractivity (Wildman–Crippen MR) is 125 cm³/mol. The lowest BCUT2D eigenvalue weighted by molar-refractivity contribution is -0.114. The smallest absolute Gasteiger partial charge is 0.0264 e. The normalized spacial score (nSPS) is 53.5. The van der Waals surface area contributed by atoms with Crippen molar-refractivity contribution in [2.24, 2.45) is 64.1 Å². The molecule has 0 nitrogen and oxygen atoms in total. The van der Waals surface area contributed by atoms with E-state index in [0.717, 1.165) is 53.3 Å². The van der Waals surface area contributed by atoms with Crippen molar-refractivity contribution in [1.82, 2.24) is 0 Å². The van der Waals surface area contributed by atoms with Crippen LogP contribution in [0.25, 0.3) is 0 Å². The summed E-state index contributed by atoms with van der Waals surface area (Å²) in [6, 6.07) is 0. The number of hydrogen-bond donors (Lipinski definition) is 0. The Labute approximate surface area is 182 Å². The van der Waals surface area contributed by atoms with Gasteiger partial charge in [0.1, 0.15) is 0 Å². The molecule has 0 aromatic heterocycles. The Balaban J connectivity index is 1.26. The second kappa shape index (κ2) is 7.55. The first kappa shape index (κ1) is 20.9. The lowest BCUT2D eigenvalue weighted by atomic mass is 9.44. The Morgan fingerprint density at radius 1 is 0.759 bits per heavy atom. The maximum absolute atomic E-state index is 2.77. The first-order valence-corrected chi connectivity index (χ1v) is 13.8. The fourth-order valence-electron chi connectivity index (χ4n) is 10.4. The van der Waals surface area contributed by atoms with E-state index in [4.69, 9.17) is 0 Å². The Bertz CT molecular complexity index is 593. The van der Waals surface area contributed by atoms with Gasteiger partial charge in [-0.1, -0.05) is 60.3 Å². The molecule has 0 spiro atoms. The van der Waals surface area contributed by atoms with Crippen molar-refractivity contribution in [1.29, 1.82) is 0 Å². The van der Waals surface area contributed by atoms with E-state index < -0.39 is 0 Å². The molecule has 5 saturated carbocycles. The monoisotopic (exact) mass is 398 g/mol. The van der Waals surface area contributed by atoms with Gasteiger partial charge in [-0.3, -0.25) is 0 Å². The number of rotatable bonds is 5. The molecule has 5 rings (SSSR count). The van der Waals surface area contributed by atoms with Gasteiger partial charge in [0, 0.05) is 0 Å². The standard InChI is InChI=1S/C29H50/c1-19(24-18-21(24)3)9-10-20(2)25-13-14-26-23-12-11-22-8-6-7-16-28(22,4)27(23)15-17-29(25,26)5/h19-27H,6-18H2,1-5H3/t19-,20-,21-,22?,23+,24+,25-,26+,27+,28+,29-/m1/s1. The molecule has 0 aromatic carbocycles. The largest absolute Gasteiger partial charge is 0.0622 e. The van der Waals surface area contributed by atoms with Crippen molar-refractivity contribution in [2.45, 2.75) is 118 Å². The molecular weight excluding hydrogens is 348 g/mol. The Morgan fingerprint density at radius 2 is 1.48 bits per heavy atom. The minimum Gasteiger partial charge on any atom is -0.0622 e. The van der Waals surface area contributed by atoms with Crippen LogP contribution in [0.5, 0.6) is 0 Å². The minimum absolute atomic E-state index is 0.675. The van der Waals surface area contributed by atoms with Gasteiger partial charge in [-0.05, 0) is 122 Å². The van der Waals surface area contributed by atoms with Gasteiger partial charge in [-0.25, -0.2) is 0 Å². The molecule has 0 aliphatic heterocycles. The summed E-state index contributed by atoms with van der Waals surface area (Å²) < 4.78 is 0. The molecule has 166 valence electrons. The molecule has 0 aromatic rings. The van der Waals surface area contributed by atoms with Gasteiger partial charge >= 0.3 is 0 Å². The van der Waals surface area contributed by atoms with Crippen LogP contribution in [-0.4, -0.2) is 0 Å². The van der Waals surface area contributed by atoms with Crippen LogP contribution in [0.15, 0.2) is 0 Å². The first-order valence-electron chi connectivity index (χ1n) is 13.8. The van der Waals surface area contributed by atoms with Gasteiger partial charge in [0.05, 0.1) is 0 Å². The van der Waals surface area contributed by atoms with Gasteiger partial charge in [0.25, 0.3) is 0 Å². The quantitative estimate of drug-likeness (QED) is 0.434. The molecule has 5 fully saturated rings. The van der Waals surface area contributed by atoms with Crippen LogP contribution in [0.4, 0.5) is 0 Å². The summed E-state index contributed by atoms with van der Waals surface area (Å²) in [5.74, 6) is 9.35. The number of hydrogen-bond acceptors (Lipinski definition) is 0. The van der Waals surface area contributed by atoms with Crippen LogP contribution >= 0.6 is 0 Å². The molecule has 0 bridgehead atoms. The Morgan fingerprint density at radius 3 is 2.24 bits per heavy atom. The zero-order chi connectivity index (χ0) is 20.4. The van der Waals surface area contributed by atoms with Crippen LogP contribution in [0, 0.1) is 64.1 Å². The summed E-state index contributed by atoms with van der Waals surface area (Å²) >= 11 is 0. The third-order valence-corrected chi connectivity index (χ3v) is 12.3. The molecule has 1 unspecified atom stereocenters. The van der Waals surface area contributed by atoms with Crippen LogP contribution < -0.4 is 0 Å². The zero-order valence-electron chi connectivity index (χ0n) is 20.4. The molecule has 0 N–H and O–H groups in total. The van der Waals surface area contributed by atoms with Gasteiger partial charge in [-0.15, -0.1) is 0 Å². The van der Waals surface area contributed by atoms with Crippen molar-refractivity contribution >= 4 is 0 Å². The number of fused-ring (bicyclic) bond motifs is 5. The fourth-order valence-corrected chi connectivity index (χ4v) is 10.4. The summed E-state index contributed by atoms with van der Waals surface area (Å²) in [6.07, 6.45) is 20.1. The molecule has 11 atom stereocenters. The summed E-state index contributed by atoms with van der Waals surface area (Å²) in [5, 5.41) is 0. The van der Waals surface area contributed by atoms with E-state index in [1.54, 1.807) is 51.4 Å². The fraction of sp³-hybridized carbons (Fsp3) is 1.00. The maximum atomic E-state index is 2.77. The van der Waals surface area contributed by atoms with Crippen molar-refractivity contribution < 1.29 is 0 Å². The molecule has 0 saturated heterocycles. The van der Waals surface area contributed by atoms with E-state index in [1.165, 1.54) is 32.1 Å². The van der Waals surface area contributed by atoms with Crippen LogP contribution in [0.1, 0.15) is 118 Å². The van der Waals surface area contributed by atoms with Gasteiger partial charge in [-0.2, -0.15) is 0 Å². The Kier molecular flexibility index (Phi) is 5.43. The second-order valence-electron chi connectivity index (χ2n) is 13.5. The van der Waals surface area contributed by atoms with Crippen molar-refractivity contribution in [3.05, 3.63) is 0 Å². The third kappa shape index (κ3) is 3.36. The highest BCUT2D eigenvalue weighted by Crippen LogP contribution is 2.68. The molecule has 0 amide bonds. The van der Waals surface area contributed by atoms with E-state index >= 15 is 0 Å². The lowest BCUT2D eigenvalue weighted by Crippen LogP contribution is -2.53. The summed E-state index contributed by atoms with van der Waals surface area (Å²) in [6.45, 7) is 13.2. The van der Waals surface area contributed by atoms with Gasteiger partial charge in [0.2, 0.25) is 0 Å². The third-order valence-electron chi connectivity index (χ3n) is 12.3. The van der Waals surface area contributed by atoms with Crippen molar-refractivity contribution in [3.8, 4) is 0 Å². The molecule has 5 aliphatic carbocycles. The van der Waals surface area contributed by atoms with Crippen molar-refractivity contribution in [2.75, 3.05) is 0 Å². The second-order valence-corrected chi connectivity index (χ2v) is 13.5. The highest BCUT2D eigenvalue weighted by atomic mass is 14.6.